The number of hydrogen-bond acceptors (Lipinski definition) is 4. The standard InChI is InChI=1S/C18H20N2O4/c1-12-4-9-16(24-3)15(10-12)20-18(22)17(21)19-11-13-5-7-14(23-2)8-6-13/h4-10H,11H2,1-3H3,(H,19,21)(H,20,22). The summed E-state index contributed by atoms with van der Waals surface area (Å²) in [6.45, 7) is 2.14. The third-order valence-electron chi connectivity index (χ3n) is 3.42. The second kappa shape index (κ2) is 8.01. The van der Waals surface area contributed by atoms with Crippen LogP contribution in [0.5, 0.6) is 11.5 Å². The number of rotatable bonds is 5. The quantitative estimate of drug-likeness (QED) is 0.826. The van der Waals surface area contributed by atoms with Gasteiger partial charge in [-0.25, -0.2) is 0 Å². The summed E-state index contributed by atoms with van der Waals surface area (Å²) in [4.78, 5) is 24.0. The summed E-state index contributed by atoms with van der Waals surface area (Å²) < 4.78 is 10.2. The number of anilines is 1. The first kappa shape index (κ1) is 17.3. The van der Waals surface area contributed by atoms with Crippen LogP contribution in [0.25, 0.3) is 0 Å². The maximum Gasteiger partial charge on any atom is 0.313 e. The molecule has 0 spiro atoms. The Labute approximate surface area is 140 Å². The van der Waals surface area contributed by atoms with Crippen LogP contribution in [0, 0.1) is 6.92 Å². The second-order valence-electron chi connectivity index (χ2n) is 5.19. The largest absolute Gasteiger partial charge is 0.497 e. The molecule has 0 radical (unpaired) electrons. The van der Waals surface area contributed by atoms with Gasteiger partial charge in [0.1, 0.15) is 11.5 Å². The van der Waals surface area contributed by atoms with Gasteiger partial charge in [0.15, 0.2) is 0 Å². The van der Waals surface area contributed by atoms with Crippen molar-refractivity contribution in [1.82, 2.24) is 5.32 Å². The molecule has 0 fully saturated rings. The SMILES string of the molecule is COc1ccc(CNC(=O)C(=O)Nc2cc(C)ccc2OC)cc1. The maximum atomic E-state index is 12.0. The Balaban J connectivity index is 1.94. The van der Waals surface area contributed by atoms with Crippen LogP contribution in [-0.4, -0.2) is 26.0 Å². The minimum absolute atomic E-state index is 0.251. The summed E-state index contributed by atoms with van der Waals surface area (Å²) in [6.07, 6.45) is 0. The molecule has 0 saturated carbocycles. The summed E-state index contributed by atoms with van der Waals surface area (Å²) in [5.74, 6) is -0.229. The highest BCUT2D eigenvalue weighted by Gasteiger charge is 2.15. The van der Waals surface area contributed by atoms with Gasteiger partial charge in [0.05, 0.1) is 19.9 Å². The number of hydrogen-bond donors (Lipinski definition) is 2. The molecule has 2 rings (SSSR count). The van der Waals surface area contributed by atoms with Crippen LogP contribution in [0.3, 0.4) is 0 Å². The van der Waals surface area contributed by atoms with Crippen molar-refractivity contribution in [2.24, 2.45) is 0 Å². The molecule has 0 aromatic heterocycles. The lowest BCUT2D eigenvalue weighted by atomic mass is 10.2. The average Bonchev–Trinajstić information content (AvgIpc) is 2.60. The molecule has 126 valence electrons. The number of methoxy groups -OCH3 is 2. The fraction of sp³-hybridized carbons (Fsp3) is 0.222. The third kappa shape index (κ3) is 4.49. The maximum absolute atomic E-state index is 12.0. The van der Waals surface area contributed by atoms with E-state index in [1.54, 1.807) is 31.4 Å². The highest BCUT2D eigenvalue weighted by molar-refractivity contribution is 6.39. The third-order valence-corrected chi connectivity index (χ3v) is 3.42. The van der Waals surface area contributed by atoms with E-state index in [0.29, 0.717) is 11.4 Å². The number of amides is 2. The van der Waals surface area contributed by atoms with Gasteiger partial charge in [-0.3, -0.25) is 9.59 Å². The molecule has 0 atom stereocenters. The molecule has 6 heteroatoms. The van der Waals surface area contributed by atoms with E-state index in [1.807, 2.05) is 25.1 Å². The first-order valence-corrected chi connectivity index (χ1v) is 7.40. The van der Waals surface area contributed by atoms with Gasteiger partial charge < -0.3 is 20.1 Å². The van der Waals surface area contributed by atoms with Crippen LogP contribution >= 0.6 is 0 Å². The summed E-state index contributed by atoms with van der Waals surface area (Å²) in [5.41, 5.74) is 2.27. The number of ether oxygens (including phenoxy) is 2. The minimum Gasteiger partial charge on any atom is -0.497 e. The summed E-state index contributed by atoms with van der Waals surface area (Å²) in [7, 11) is 3.09. The topological polar surface area (TPSA) is 76.7 Å². The molecule has 0 heterocycles. The van der Waals surface area contributed by atoms with E-state index >= 15 is 0 Å². The summed E-state index contributed by atoms with van der Waals surface area (Å²) in [5, 5.41) is 5.14. The Kier molecular flexibility index (Phi) is 5.78. The van der Waals surface area contributed by atoms with Crippen molar-refractivity contribution in [1.29, 1.82) is 0 Å². The van der Waals surface area contributed by atoms with E-state index in [2.05, 4.69) is 10.6 Å². The van der Waals surface area contributed by atoms with Crippen molar-refractivity contribution >= 4 is 17.5 Å². The monoisotopic (exact) mass is 328 g/mol. The van der Waals surface area contributed by atoms with Gasteiger partial charge in [0.25, 0.3) is 0 Å². The molecular weight excluding hydrogens is 308 g/mol. The Morgan fingerprint density at radius 1 is 0.958 bits per heavy atom. The Morgan fingerprint density at radius 2 is 1.67 bits per heavy atom. The highest BCUT2D eigenvalue weighted by Crippen LogP contribution is 2.25. The predicted octanol–water partition coefficient (Wildman–Crippen LogP) is 2.27. The van der Waals surface area contributed by atoms with Gasteiger partial charge in [0.2, 0.25) is 0 Å². The van der Waals surface area contributed by atoms with E-state index in [0.717, 1.165) is 16.9 Å². The van der Waals surface area contributed by atoms with Crippen molar-refractivity contribution in [2.45, 2.75) is 13.5 Å². The minimum atomic E-state index is -0.743. The normalized spacial score (nSPS) is 9.96. The predicted molar refractivity (Wildman–Crippen MR) is 91.2 cm³/mol. The van der Waals surface area contributed by atoms with Crippen LogP contribution in [0.15, 0.2) is 42.5 Å². The van der Waals surface area contributed by atoms with Gasteiger partial charge in [0, 0.05) is 6.54 Å². The molecular formula is C18H20N2O4. The van der Waals surface area contributed by atoms with E-state index in [4.69, 9.17) is 9.47 Å². The van der Waals surface area contributed by atoms with Gasteiger partial charge in [-0.1, -0.05) is 18.2 Å². The molecule has 24 heavy (non-hydrogen) atoms. The Hall–Kier alpha value is -3.02. The van der Waals surface area contributed by atoms with E-state index < -0.39 is 11.8 Å². The van der Waals surface area contributed by atoms with Crippen LogP contribution in [0.2, 0.25) is 0 Å². The molecule has 6 nitrogen and oxygen atoms in total. The zero-order valence-electron chi connectivity index (χ0n) is 13.9. The Morgan fingerprint density at radius 3 is 2.29 bits per heavy atom. The highest BCUT2D eigenvalue weighted by atomic mass is 16.5. The van der Waals surface area contributed by atoms with Crippen LogP contribution in [0.1, 0.15) is 11.1 Å². The molecule has 0 bridgehead atoms. The second-order valence-corrected chi connectivity index (χ2v) is 5.19. The van der Waals surface area contributed by atoms with Gasteiger partial charge in [-0.15, -0.1) is 0 Å². The van der Waals surface area contributed by atoms with Crippen molar-refractivity contribution in [3.05, 3.63) is 53.6 Å². The number of nitrogens with one attached hydrogen (secondary N) is 2. The summed E-state index contributed by atoms with van der Waals surface area (Å²) in [6, 6.07) is 12.6. The van der Waals surface area contributed by atoms with Crippen LogP contribution < -0.4 is 20.1 Å². The lowest BCUT2D eigenvalue weighted by molar-refractivity contribution is -0.136. The molecule has 0 aliphatic heterocycles. The zero-order chi connectivity index (χ0) is 17.5. The molecule has 2 amide bonds. The van der Waals surface area contributed by atoms with Crippen molar-refractivity contribution in [2.75, 3.05) is 19.5 Å². The van der Waals surface area contributed by atoms with E-state index in [1.165, 1.54) is 7.11 Å². The first-order valence-electron chi connectivity index (χ1n) is 7.40. The average molecular weight is 328 g/mol. The number of aryl methyl sites for hydroxylation is 1. The first-order chi connectivity index (χ1) is 11.5. The molecule has 2 N–H and O–H groups in total. The van der Waals surface area contributed by atoms with E-state index in [9.17, 15) is 9.59 Å². The zero-order valence-corrected chi connectivity index (χ0v) is 13.9. The van der Waals surface area contributed by atoms with Crippen LogP contribution in [-0.2, 0) is 16.1 Å². The van der Waals surface area contributed by atoms with Gasteiger partial charge in [-0.2, -0.15) is 0 Å². The number of benzene rings is 2. The molecule has 2 aromatic rings. The smallest absolute Gasteiger partial charge is 0.313 e. The van der Waals surface area contributed by atoms with Crippen molar-refractivity contribution in [3.63, 3.8) is 0 Å². The van der Waals surface area contributed by atoms with Crippen molar-refractivity contribution < 1.29 is 19.1 Å². The molecule has 0 aliphatic carbocycles. The fourth-order valence-corrected chi connectivity index (χ4v) is 2.10. The number of carbonyl (C=O) groups is 2. The van der Waals surface area contributed by atoms with Gasteiger partial charge in [-0.05, 0) is 42.3 Å². The fourth-order valence-electron chi connectivity index (χ4n) is 2.10. The van der Waals surface area contributed by atoms with Crippen LogP contribution in [0.4, 0.5) is 5.69 Å². The molecule has 0 unspecified atom stereocenters. The lowest BCUT2D eigenvalue weighted by Gasteiger charge is -2.11. The molecule has 0 saturated heterocycles. The number of carbonyl (C=O) groups excluding carboxylic acids is 2. The summed E-state index contributed by atoms with van der Waals surface area (Å²) >= 11 is 0. The Bertz CT molecular complexity index is 726. The molecule has 2 aromatic carbocycles. The van der Waals surface area contributed by atoms with E-state index in [-0.39, 0.29) is 6.54 Å². The van der Waals surface area contributed by atoms with Crippen molar-refractivity contribution in [3.8, 4) is 11.5 Å². The molecule has 0 aliphatic rings. The lowest BCUT2D eigenvalue weighted by Crippen LogP contribution is -2.35. The van der Waals surface area contributed by atoms with Gasteiger partial charge >= 0.3 is 11.8 Å².